The molecule has 0 aliphatic carbocycles. The van der Waals surface area contributed by atoms with E-state index in [4.69, 9.17) is 5.26 Å². The first-order valence-electron chi connectivity index (χ1n) is 4.06. The summed E-state index contributed by atoms with van der Waals surface area (Å²) in [5.74, 6) is 0. The lowest BCUT2D eigenvalue weighted by Crippen LogP contribution is -2.32. The zero-order valence-corrected chi connectivity index (χ0v) is 6.85. The molecule has 0 saturated carbocycles. The molecular weight excluding hydrogens is 124 g/mol. The van der Waals surface area contributed by atoms with Gasteiger partial charge in [0, 0.05) is 0 Å². The summed E-state index contributed by atoms with van der Waals surface area (Å²) in [6.45, 7) is 5.03. The Kier molecular flexibility index (Phi) is 6.21. The van der Waals surface area contributed by atoms with E-state index >= 15 is 0 Å². The van der Waals surface area contributed by atoms with Crippen molar-refractivity contribution >= 4 is 0 Å². The lowest BCUT2D eigenvalue weighted by Gasteiger charge is -2.15. The van der Waals surface area contributed by atoms with E-state index in [9.17, 15) is 0 Å². The molecule has 0 spiro atoms. The van der Waals surface area contributed by atoms with Crippen molar-refractivity contribution in [3.63, 3.8) is 0 Å². The van der Waals surface area contributed by atoms with Crippen LogP contribution in [0.2, 0.25) is 0 Å². The Bertz CT molecular complexity index is 98.3. The number of rotatable bonds is 0. The van der Waals surface area contributed by atoms with Gasteiger partial charge in [-0.3, -0.25) is 0 Å². The fourth-order valence-corrected chi connectivity index (χ4v) is 0.962. The summed E-state index contributed by atoms with van der Waals surface area (Å²) in [4.78, 5) is 0. The molecule has 10 heavy (non-hydrogen) atoms. The van der Waals surface area contributed by atoms with Crippen LogP contribution in [0.15, 0.2) is 0 Å². The molecule has 0 aromatic heterocycles. The first-order chi connectivity index (χ1) is 4.93. The summed E-state index contributed by atoms with van der Waals surface area (Å²) in [5.41, 5.74) is 0. The van der Waals surface area contributed by atoms with Crippen molar-refractivity contribution in [2.75, 3.05) is 6.54 Å². The second kappa shape index (κ2) is 6.57. The van der Waals surface area contributed by atoms with E-state index in [-0.39, 0.29) is 6.04 Å². The fraction of sp³-hybridized carbons (Fsp3) is 0.875. The quantitative estimate of drug-likeness (QED) is 0.555. The summed E-state index contributed by atoms with van der Waals surface area (Å²) >= 11 is 0. The van der Waals surface area contributed by atoms with Crippen LogP contribution in [-0.4, -0.2) is 12.6 Å². The van der Waals surface area contributed by atoms with Crippen LogP contribution in [0.3, 0.4) is 0 Å². The predicted octanol–water partition coefficient (Wildman–Crippen LogP) is 1.68. The highest BCUT2D eigenvalue weighted by molar-refractivity contribution is 4.91. The minimum atomic E-state index is 0.142. The van der Waals surface area contributed by atoms with Crippen LogP contribution in [0.25, 0.3) is 0 Å². The number of hydrogen-bond acceptors (Lipinski definition) is 2. The molecule has 0 amide bonds. The topological polar surface area (TPSA) is 35.8 Å². The minimum Gasteiger partial charge on any atom is -0.302 e. The standard InChI is InChI=1S/C6H10N2.C2H6/c7-5-6-3-1-2-4-8-6;1-2/h6,8H,1-4H2;1-2H3. The summed E-state index contributed by atoms with van der Waals surface area (Å²) < 4.78 is 0. The monoisotopic (exact) mass is 140 g/mol. The van der Waals surface area contributed by atoms with Crippen molar-refractivity contribution in [1.29, 1.82) is 5.26 Å². The molecule has 2 heteroatoms. The average molecular weight is 140 g/mol. The Morgan fingerprint density at radius 2 is 2.10 bits per heavy atom. The Balaban J connectivity index is 0.000000371. The van der Waals surface area contributed by atoms with Gasteiger partial charge in [-0.05, 0) is 25.8 Å². The molecule has 1 heterocycles. The predicted molar refractivity (Wildman–Crippen MR) is 42.6 cm³/mol. The van der Waals surface area contributed by atoms with Crippen molar-refractivity contribution in [2.24, 2.45) is 0 Å². The molecule has 1 aliphatic heterocycles. The molecule has 2 nitrogen and oxygen atoms in total. The van der Waals surface area contributed by atoms with Gasteiger partial charge in [0.05, 0.1) is 12.1 Å². The molecule has 1 aliphatic rings. The summed E-state index contributed by atoms with van der Waals surface area (Å²) in [5, 5.41) is 11.5. The van der Waals surface area contributed by atoms with E-state index in [1.807, 2.05) is 13.8 Å². The Hall–Kier alpha value is -0.550. The van der Waals surface area contributed by atoms with E-state index in [1.54, 1.807) is 0 Å². The molecule has 1 N–H and O–H groups in total. The molecule has 1 unspecified atom stereocenters. The van der Waals surface area contributed by atoms with Gasteiger partial charge < -0.3 is 5.32 Å². The van der Waals surface area contributed by atoms with Crippen LogP contribution < -0.4 is 5.32 Å². The molecule has 58 valence electrons. The van der Waals surface area contributed by atoms with Gasteiger partial charge >= 0.3 is 0 Å². The number of nitrogens with zero attached hydrogens (tertiary/aromatic N) is 1. The second-order valence-corrected chi connectivity index (χ2v) is 2.13. The number of nitriles is 1. The van der Waals surface area contributed by atoms with Crippen molar-refractivity contribution < 1.29 is 0 Å². The van der Waals surface area contributed by atoms with Gasteiger partial charge in [0.2, 0.25) is 0 Å². The summed E-state index contributed by atoms with van der Waals surface area (Å²) in [6, 6.07) is 2.34. The molecule has 0 aromatic carbocycles. The third-order valence-electron chi connectivity index (χ3n) is 1.47. The molecule has 0 bridgehead atoms. The highest BCUT2D eigenvalue weighted by Gasteiger charge is 2.09. The first kappa shape index (κ1) is 9.45. The normalized spacial score (nSPS) is 23.9. The SMILES string of the molecule is CC.N#CC1CCCCN1. The van der Waals surface area contributed by atoms with E-state index in [0.29, 0.717) is 0 Å². The molecule has 1 atom stereocenters. The maximum absolute atomic E-state index is 8.38. The largest absolute Gasteiger partial charge is 0.302 e. The van der Waals surface area contributed by atoms with E-state index in [1.165, 1.54) is 12.8 Å². The maximum atomic E-state index is 8.38. The molecule has 1 rings (SSSR count). The molecule has 1 saturated heterocycles. The number of piperidine rings is 1. The summed E-state index contributed by atoms with van der Waals surface area (Å²) in [6.07, 6.45) is 3.49. The van der Waals surface area contributed by atoms with E-state index < -0.39 is 0 Å². The lowest BCUT2D eigenvalue weighted by molar-refractivity contribution is 0.461. The third-order valence-corrected chi connectivity index (χ3v) is 1.47. The zero-order chi connectivity index (χ0) is 7.82. The number of nitrogens with one attached hydrogen (secondary N) is 1. The van der Waals surface area contributed by atoms with Crippen LogP contribution in [0.1, 0.15) is 33.1 Å². The van der Waals surface area contributed by atoms with Gasteiger partial charge in [0.15, 0.2) is 0 Å². The highest BCUT2D eigenvalue weighted by atomic mass is 14.9. The lowest BCUT2D eigenvalue weighted by atomic mass is 10.1. The molecule has 0 radical (unpaired) electrons. The number of hydrogen-bond donors (Lipinski definition) is 1. The molecular formula is C8H16N2. The van der Waals surface area contributed by atoms with Gasteiger partial charge in [-0.1, -0.05) is 13.8 Å². The van der Waals surface area contributed by atoms with Crippen LogP contribution in [0, 0.1) is 11.3 Å². The van der Waals surface area contributed by atoms with Gasteiger partial charge in [0.1, 0.15) is 0 Å². The Labute approximate surface area is 63.2 Å². The van der Waals surface area contributed by atoms with Crippen molar-refractivity contribution in [3.8, 4) is 6.07 Å². The third kappa shape index (κ3) is 3.47. The van der Waals surface area contributed by atoms with Crippen LogP contribution in [0.4, 0.5) is 0 Å². The van der Waals surface area contributed by atoms with Crippen LogP contribution in [0.5, 0.6) is 0 Å². The van der Waals surface area contributed by atoms with Gasteiger partial charge in [-0.25, -0.2) is 0 Å². The summed E-state index contributed by atoms with van der Waals surface area (Å²) in [7, 11) is 0. The minimum absolute atomic E-state index is 0.142. The highest BCUT2D eigenvalue weighted by Crippen LogP contribution is 2.04. The van der Waals surface area contributed by atoms with Gasteiger partial charge in [0.25, 0.3) is 0 Å². The van der Waals surface area contributed by atoms with Gasteiger partial charge in [-0.15, -0.1) is 0 Å². The van der Waals surface area contributed by atoms with Crippen LogP contribution in [-0.2, 0) is 0 Å². The van der Waals surface area contributed by atoms with E-state index in [0.717, 1.165) is 13.0 Å². The zero-order valence-electron chi connectivity index (χ0n) is 6.85. The van der Waals surface area contributed by atoms with Crippen LogP contribution >= 0.6 is 0 Å². The Morgan fingerprint density at radius 1 is 1.40 bits per heavy atom. The smallest absolute Gasteiger partial charge is 0.0953 e. The molecule has 1 fully saturated rings. The van der Waals surface area contributed by atoms with Crippen molar-refractivity contribution in [3.05, 3.63) is 0 Å². The second-order valence-electron chi connectivity index (χ2n) is 2.13. The maximum Gasteiger partial charge on any atom is 0.0953 e. The van der Waals surface area contributed by atoms with Gasteiger partial charge in [-0.2, -0.15) is 5.26 Å². The van der Waals surface area contributed by atoms with Crippen molar-refractivity contribution in [2.45, 2.75) is 39.2 Å². The average Bonchev–Trinajstić information content (AvgIpc) is 2.10. The first-order valence-corrected chi connectivity index (χ1v) is 4.06. The van der Waals surface area contributed by atoms with Crippen molar-refractivity contribution in [1.82, 2.24) is 5.32 Å². The fourth-order valence-electron chi connectivity index (χ4n) is 0.962. The molecule has 0 aromatic rings. The van der Waals surface area contributed by atoms with E-state index in [2.05, 4.69) is 11.4 Å². The Morgan fingerprint density at radius 3 is 2.40 bits per heavy atom.